The molecular formula is C20H17Cl2F2N3O5. The van der Waals surface area contributed by atoms with Crippen LogP contribution in [0, 0.1) is 0 Å². The van der Waals surface area contributed by atoms with E-state index in [-0.39, 0.29) is 18.8 Å². The third-order valence-corrected chi connectivity index (χ3v) is 5.99. The first-order valence-corrected chi connectivity index (χ1v) is 10.3. The van der Waals surface area contributed by atoms with Gasteiger partial charge in [-0.25, -0.2) is 4.98 Å². The van der Waals surface area contributed by atoms with Crippen LogP contribution in [0.25, 0.3) is 0 Å². The van der Waals surface area contributed by atoms with Crippen LogP contribution in [0.1, 0.15) is 42.1 Å². The average molecular weight is 488 g/mol. The van der Waals surface area contributed by atoms with E-state index in [0.29, 0.717) is 34.3 Å². The Bertz CT molecular complexity index is 1100. The second-order valence-electron chi connectivity index (χ2n) is 7.60. The number of ether oxygens (including phenoxy) is 1. The quantitative estimate of drug-likeness (QED) is 0.551. The number of amides is 2. The number of nitrogens with zero attached hydrogens (tertiary/aromatic N) is 1. The lowest BCUT2D eigenvalue weighted by Gasteiger charge is -2.51. The minimum Gasteiger partial charge on any atom is -0.484 e. The normalized spacial score (nSPS) is 21.9. The molecule has 1 aromatic heterocycles. The molecule has 8 nitrogen and oxygen atoms in total. The number of hydrogen-bond acceptors (Lipinski definition) is 6. The SMILES string of the molecule is O=C(COc1ccc(Cl)c(Cl)c1)NC1=C2CC(NC(=O)c3cnc(C(F)F)o3)(C2)C[C@@H]1O. The monoisotopic (exact) mass is 487 g/mol. The van der Waals surface area contributed by atoms with Crippen LogP contribution in [0.5, 0.6) is 5.75 Å². The molecule has 1 atom stereocenters. The highest BCUT2D eigenvalue weighted by atomic mass is 35.5. The molecule has 3 aliphatic rings. The number of rotatable bonds is 7. The van der Waals surface area contributed by atoms with E-state index >= 15 is 0 Å². The summed E-state index contributed by atoms with van der Waals surface area (Å²) in [4.78, 5) is 27.9. The van der Waals surface area contributed by atoms with Gasteiger partial charge in [0.25, 0.3) is 17.7 Å². The Kier molecular flexibility index (Phi) is 6.11. The largest absolute Gasteiger partial charge is 0.484 e. The number of oxazole rings is 1. The number of alkyl halides is 2. The number of nitrogens with one attached hydrogen (secondary N) is 2. The summed E-state index contributed by atoms with van der Waals surface area (Å²) in [7, 11) is 0. The van der Waals surface area contributed by atoms with Crippen molar-refractivity contribution >= 4 is 35.0 Å². The minimum atomic E-state index is -2.92. The van der Waals surface area contributed by atoms with E-state index in [1.54, 1.807) is 12.1 Å². The first-order valence-electron chi connectivity index (χ1n) is 9.50. The van der Waals surface area contributed by atoms with Crippen LogP contribution in [0.3, 0.4) is 0 Å². The van der Waals surface area contributed by atoms with E-state index in [1.807, 2.05) is 0 Å². The highest BCUT2D eigenvalue weighted by Crippen LogP contribution is 2.48. The van der Waals surface area contributed by atoms with E-state index < -0.39 is 35.8 Å². The number of hydrogen-bond donors (Lipinski definition) is 3. The Labute approximate surface area is 190 Å². The summed E-state index contributed by atoms with van der Waals surface area (Å²) in [6, 6.07) is 4.60. The Morgan fingerprint density at radius 3 is 2.69 bits per heavy atom. The molecular weight excluding hydrogens is 471 g/mol. The summed E-state index contributed by atoms with van der Waals surface area (Å²) in [6.07, 6.45) is -2.07. The molecule has 1 fully saturated rings. The van der Waals surface area contributed by atoms with Gasteiger partial charge in [0.2, 0.25) is 5.76 Å². The van der Waals surface area contributed by atoms with Gasteiger partial charge in [-0.3, -0.25) is 9.59 Å². The molecule has 0 aliphatic heterocycles. The average Bonchev–Trinajstić information content (AvgIpc) is 3.21. The zero-order chi connectivity index (χ0) is 23.0. The van der Waals surface area contributed by atoms with E-state index in [9.17, 15) is 23.5 Å². The van der Waals surface area contributed by atoms with Crippen molar-refractivity contribution in [3.05, 3.63) is 57.4 Å². The number of aliphatic hydroxyl groups excluding tert-OH is 1. The van der Waals surface area contributed by atoms with Crippen LogP contribution in [-0.2, 0) is 4.79 Å². The molecule has 0 unspecified atom stereocenters. The fourth-order valence-electron chi connectivity index (χ4n) is 3.82. The van der Waals surface area contributed by atoms with Gasteiger partial charge in [0.1, 0.15) is 5.75 Å². The zero-order valence-corrected chi connectivity index (χ0v) is 17.8. The number of fused-ring (bicyclic) bond motifs is 2. The number of aliphatic hydroxyl groups is 1. The standard InChI is InChI=1S/C20H17Cl2F2N3O5/c21-11-2-1-10(3-12(11)22)31-8-15(29)26-16-9-4-20(5-9,6-13(16)28)27-18(30)14-7-25-19(32-14)17(23)24/h1-3,7,13,17,28H,4-6,8H2,(H,26,29)(H,27,30)/t13-/m0/s1. The molecule has 3 N–H and O–H groups in total. The molecule has 2 aromatic rings. The molecule has 0 spiro atoms. The molecule has 2 amide bonds. The minimum absolute atomic E-state index is 0.140. The van der Waals surface area contributed by atoms with Crippen molar-refractivity contribution < 1.29 is 32.6 Å². The predicted molar refractivity (Wildman–Crippen MR) is 109 cm³/mol. The van der Waals surface area contributed by atoms with E-state index in [4.69, 9.17) is 32.4 Å². The third-order valence-electron chi connectivity index (χ3n) is 5.25. The van der Waals surface area contributed by atoms with Gasteiger partial charge in [0, 0.05) is 18.2 Å². The Morgan fingerprint density at radius 1 is 1.31 bits per heavy atom. The molecule has 5 rings (SSSR count). The topological polar surface area (TPSA) is 114 Å². The highest BCUT2D eigenvalue weighted by molar-refractivity contribution is 6.42. The van der Waals surface area contributed by atoms with Crippen molar-refractivity contribution in [2.24, 2.45) is 0 Å². The number of halogens is 4. The molecule has 1 aromatic carbocycles. The smallest absolute Gasteiger partial charge is 0.313 e. The summed E-state index contributed by atoms with van der Waals surface area (Å²) < 4.78 is 35.3. The Morgan fingerprint density at radius 2 is 2.06 bits per heavy atom. The lowest BCUT2D eigenvalue weighted by Crippen LogP contribution is -2.61. The second kappa shape index (κ2) is 8.68. The Balaban J connectivity index is 1.33. The van der Waals surface area contributed by atoms with Crippen LogP contribution in [0.4, 0.5) is 8.78 Å². The van der Waals surface area contributed by atoms with Crippen LogP contribution in [0.2, 0.25) is 10.0 Å². The maximum absolute atomic E-state index is 12.6. The lowest BCUT2D eigenvalue weighted by atomic mass is 9.63. The first-order chi connectivity index (χ1) is 15.2. The third kappa shape index (κ3) is 4.57. The zero-order valence-electron chi connectivity index (χ0n) is 16.3. The van der Waals surface area contributed by atoms with Gasteiger partial charge in [0.15, 0.2) is 6.61 Å². The Hall–Kier alpha value is -2.69. The van der Waals surface area contributed by atoms with E-state index in [0.717, 1.165) is 11.8 Å². The second-order valence-corrected chi connectivity index (χ2v) is 8.42. The van der Waals surface area contributed by atoms with E-state index in [2.05, 4.69) is 15.6 Å². The van der Waals surface area contributed by atoms with Gasteiger partial charge in [-0.1, -0.05) is 23.2 Å². The first kappa shape index (κ1) is 22.5. The maximum Gasteiger partial charge on any atom is 0.313 e. The van der Waals surface area contributed by atoms with Crippen molar-refractivity contribution in [2.75, 3.05) is 6.61 Å². The number of benzene rings is 1. The summed E-state index contributed by atoms with van der Waals surface area (Å²) in [6.45, 7) is -0.304. The van der Waals surface area contributed by atoms with Gasteiger partial charge in [0.05, 0.1) is 27.9 Å². The fraction of sp³-hybridized carbons (Fsp3) is 0.350. The predicted octanol–water partition coefficient (Wildman–Crippen LogP) is 3.40. The molecule has 1 heterocycles. The maximum atomic E-state index is 12.6. The number of aromatic nitrogens is 1. The molecule has 32 heavy (non-hydrogen) atoms. The molecule has 170 valence electrons. The summed E-state index contributed by atoms with van der Waals surface area (Å²) in [5.41, 5.74) is 0.412. The van der Waals surface area contributed by atoms with Crippen molar-refractivity contribution in [2.45, 2.75) is 37.3 Å². The lowest BCUT2D eigenvalue weighted by molar-refractivity contribution is -0.123. The van der Waals surface area contributed by atoms with Gasteiger partial charge in [-0.2, -0.15) is 8.78 Å². The molecule has 12 heteroatoms. The van der Waals surface area contributed by atoms with Crippen molar-refractivity contribution in [1.82, 2.24) is 15.6 Å². The van der Waals surface area contributed by atoms with Crippen molar-refractivity contribution in [1.29, 1.82) is 0 Å². The molecule has 0 saturated heterocycles. The summed E-state index contributed by atoms with van der Waals surface area (Å²) >= 11 is 11.7. The number of carbonyl (C=O) groups is 2. The van der Waals surface area contributed by atoms with Crippen LogP contribution < -0.4 is 15.4 Å². The molecule has 0 radical (unpaired) electrons. The fourth-order valence-corrected chi connectivity index (χ4v) is 4.10. The van der Waals surface area contributed by atoms with Crippen LogP contribution >= 0.6 is 23.2 Å². The molecule has 3 aliphatic carbocycles. The van der Waals surface area contributed by atoms with Gasteiger partial charge < -0.3 is 24.9 Å². The van der Waals surface area contributed by atoms with Gasteiger partial charge in [-0.15, -0.1) is 0 Å². The molecule has 2 bridgehead atoms. The van der Waals surface area contributed by atoms with Crippen LogP contribution in [-0.4, -0.2) is 40.2 Å². The number of carbonyl (C=O) groups excluding carboxylic acids is 2. The van der Waals surface area contributed by atoms with Crippen molar-refractivity contribution in [3.8, 4) is 5.75 Å². The van der Waals surface area contributed by atoms with Gasteiger partial charge in [-0.05, 0) is 30.5 Å². The summed E-state index contributed by atoms with van der Waals surface area (Å²) in [5, 5.41) is 16.5. The summed E-state index contributed by atoms with van der Waals surface area (Å²) in [5.74, 6) is -1.97. The molecule has 1 saturated carbocycles. The van der Waals surface area contributed by atoms with Crippen molar-refractivity contribution in [3.63, 3.8) is 0 Å². The van der Waals surface area contributed by atoms with E-state index in [1.165, 1.54) is 6.07 Å². The van der Waals surface area contributed by atoms with Gasteiger partial charge >= 0.3 is 6.43 Å². The van der Waals surface area contributed by atoms with Crippen LogP contribution in [0.15, 0.2) is 40.1 Å². The highest BCUT2D eigenvalue weighted by Gasteiger charge is 2.50.